The van der Waals surface area contributed by atoms with Crippen LogP contribution in [0.1, 0.15) is 24.8 Å². The van der Waals surface area contributed by atoms with Crippen molar-refractivity contribution in [3.8, 4) is 0 Å². The molecule has 0 fully saturated rings. The van der Waals surface area contributed by atoms with E-state index in [2.05, 4.69) is 18.2 Å². The van der Waals surface area contributed by atoms with Crippen molar-refractivity contribution in [3.63, 3.8) is 0 Å². The predicted molar refractivity (Wildman–Crippen MR) is 89.9 cm³/mol. The Morgan fingerprint density at radius 2 is 1.81 bits per heavy atom. The van der Waals surface area contributed by atoms with Crippen molar-refractivity contribution in [2.75, 3.05) is 19.5 Å². The molecular weight excluding hydrogens is 282 g/mol. The smallest absolute Gasteiger partial charge is 0.226 e. The second kappa shape index (κ2) is 8.04. The van der Waals surface area contributed by atoms with Crippen LogP contribution >= 0.6 is 11.6 Å². The largest absolute Gasteiger partial charge is 0.345 e. The second-order valence-electron chi connectivity index (χ2n) is 5.38. The molecule has 0 atom stereocenters. The van der Waals surface area contributed by atoms with Crippen molar-refractivity contribution in [3.05, 3.63) is 48.0 Å². The maximum Gasteiger partial charge on any atom is 0.226 e. The topological polar surface area (TPSA) is 20.3 Å². The molecule has 2 rings (SSSR count). The number of nitrogens with zero attached hydrogens (tertiary/aromatic N) is 1. The molecule has 2 aromatic rings. The first kappa shape index (κ1) is 15.8. The molecule has 2 aromatic carbocycles. The van der Waals surface area contributed by atoms with Crippen molar-refractivity contribution in [1.29, 1.82) is 0 Å². The molecule has 0 unspecified atom stereocenters. The molecule has 0 radical (unpaired) electrons. The number of amides is 1. The van der Waals surface area contributed by atoms with Crippen LogP contribution in [0.5, 0.6) is 0 Å². The molecule has 3 heteroatoms. The number of fused-ring (bicyclic) bond motifs is 1. The van der Waals surface area contributed by atoms with Crippen LogP contribution < -0.4 is 0 Å². The number of halogens is 1. The fourth-order valence-electron chi connectivity index (χ4n) is 2.49. The first-order chi connectivity index (χ1) is 10.2. The second-order valence-corrected chi connectivity index (χ2v) is 5.76. The molecule has 0 saturated heterocycles. The van der Waals surface area contributed by atoms with Gasteiger partial charge in [-0.2, -0.15) is 0 Å². The van der Waals surface area contributed by atoms with Gasteiger partial charge < -0.3 is 4.90 Å². The molecule has 0 aliphatic carbocycles. The number of benzene rings is 2. The molecule has 0 aliphatic rings. The van der Waals surface area contributed by atoms with E-state index in [1.165, 1.54) is 10.8 Å². The summed E-state index contributed by atoms with van der Waals surface area (Å²) < 4.78 is 0. The van der Waals surface area contributed by atoms with Crippen molar-refractivity contribution in [2.24, 2.45) is 0 Å². The van der Waals surface area contributed by atoms with Crippen LogP contribution in [0.2, 0.25) is 0 Å². The van der Waals surface area contributed by atoms with Gasteiger partial charge in [0.2, 0.25) is 5.91 Å². The van der Waals surface area contributed by atoms with Crippen LogP contribution in [-0.2, 0) is 11.2 Å². The van der Waals surface area contributed by atoms with Gasteiger partial charge in [0, 0.05) is 19.5 Å². The lowest BCUT2D eigenvalue weighted by Crippen LogP contribution is -2.29. The van der Waals surface area contributed by atoms with Crippen LogP contribution in [0.15, 0.2) is 42.5 Å². The van der Waals surface area contributed by atoms with E-state index in [0.717, 1.165) is 31.4 Å². The number of carbonyl (C=O) groups excluding carboxylic acids is 1. The zero-order valence-electron chi connectivity index (χ0n) is 12.5. The normalized spacial score (nSPS) is 10.8. The van der Waals surface area contributed by atoms with E-state index in [0.29, 0.717) is 12.3 Å². The Bertz CT molecular complexity index is 591. The Labute approximate surface area is 131 Å². The monoisotopic (exact) mass is 303 g/mol. The van der Waals surface area contributed by atoms with Crippen molar-refractivity contribution >= 4 is 28.3 Å². The van der Waals surface area contributed by atoms with Gasteiger partial charge in [-0.15, -0.1) is 11.6 Å². The maximum atomic E-state index is 12.3. The van der Waals surface area contributed by atoms with E-state index in [9.17, 15) is 4.79 Å². The number of hydrogen-bond acceptors (Lipinski definition) is 1. The minimum atomic E-state index is 0.178. The Morgan fingerprint density at radius 1 is 1.05 bits per heavy atom. The molecule has 0 saturated carbocycles. The van der Waals surface area contributed by atoms with Gasteiger partial charge in [0.05, 0.1) is 6.42 Å². The first-order valence-electron chi connectivity index (χ1n) is 7.49. The highest BCUT2D eigenvalue weighted by molar-refractivity contribution is 6.17. The average molecular weight is 304 g/mol. The van der Waals surface area contributed by atoms with Crippen LogP contribution in [0, 0.1) is 0 Å². The number of unbranched alkanes of at least 4 members (excludes halogenated alkanes) is 2. The molecule has 0 spiro atoms. The van der Waals surface area contributed by atoms with E-state index >= 15 is 0 Å². The van der Waals surface area contributed by atoms with E-state index in [-0.39, 0.29) is 5.91 Å². The van der Waals surface area contributed by atoms with Crippen LogP contribution in [0.3, 0.4) is 0 Å². The molecule has 21 heavy (non-hydrogen) atoms. The van der Waals surface area contributed by atoms with Crippen LogP contribution in [0.25, 0.3) is 10.8 Å². The average Bonchev–Trinajstić information content (AvgIpc) is 2.51. The summed E-state index contributed by atoms with van der Waals surface area (Å²) in [5.41, 5.74) is 1.10. The molecule has 0 heterocycles. The van der Waals surface area contributed by atoms with Gasteiger partial charge in [0.15, 0.2) is 0 Å². The number of carbonyl (C=O) groups is 1. The minimum Gasteiger partial charge on any atom is -0.345 e. The molecule has 112 valence electrons. The fourth-order valence-corrected chi connectivity index (χ4v) is 2.68. The van der Waals surface area contributed by atoms with Gasteiger partial charge in [-0.05, 0) is 29.2 Å². The van der Waals surface area contributed by atoms with Crippen molar-refractivity contribution in [2.45, 2.75) is 25.7 Å². The van der Waals surface area contributed by atoms with Gasteiger partial charge in [-0.1, -0.05) is 48.9 Å². The maximum absolute atomic E-state index is 12.3. The lowest BCUT2D eigenvalue weighted by molar-refractivity contribution is -0.129. The third kappa shape index (κ3) is 4.47. The number of alkyl halides is 1. The first-order valence-corrected chi connectivity index (χ1v) is 8.02. The zero-order chi connectivity index (χ0) is 15.1. The number of hydrogen-bond donors (Lipinski definition) is 0. The highest BCUT2D eigenvalue weighted by atomic mass is 35.5. The Morgan fingerprint density at radius 3 is 2.62 bits per heavy atom. The summed E-state index contributed by atoms with van der Waals surface area (Å²) in [5.74, 6) is 0.880. The summed E-state index contributed by atoms with van der Waals surface area (Å²) in [6.45, 7) is 0.806. The lowest BCUT2D eigenvalue weighted by atomic mass is 10.0. The molecule has 0 aliphatic heterocycles. The molecule has 2 nitrogen and oxygen atoms in total. The zero-order valence-corrected chi connectivity index (χ0v) is 13.3. The number of likely N-dealkylation sites (N-methyl/N-ethyl adjacent to an activating group) is 1. The summed E-state index contributed by atoms with van der Waals surface area (Å²) in [6, 6.07) is 14.4. The van der Waals surface area contributed by atoms with Crippen molar-refractivity contribution < 1.29 is 4.79 Å². The number of rotatable bonds is 7. The van der Waals surface area contributed by atoms with E-state index < -0.39 is 0 Å². The molecule has 0 N–H and O–H groups in total. The molecule has 0 aromatic heterocycles. The Hall–Kier alpha value is -1.54. The third-order valence-corrected chi connectivity index (χ3v) is 4.04. The summed E-state index contributed by atoms with van der Waals surface area (Å²) >= 11 is 5.66. The summed E-state index contributed by atoms with van der Waals surface area (Å²) in [4.78, 5) is 14.1. The molecular formula is C18H22ClNO. The lowest BCUT2D eigenvalue weighted by Gasteiger charge is -2.17. The minimum absolute atomic E-state index is 0.178. The highest BCUT2D eigenvalue weighted by Gasteiger charge is 2.11. The molecule has 0 bridgehead atoms. The quantitative estimate of drug-likeness (QED) is 0.553. The van der Waals surface area contributed by atoms with Crippen LogP contribution in [-0.4, -0.2) is 30.3 Å². The summed E-state index contributed by atoms with van der Waals surface area (Å²) in [7, 11) is 1.88. The van der Waals surface area contributed by atoms with Crippen molar-refractivity contribution in [1.82, 2.24) is 4.90 Å². The summed E-state index contributed by atoms with van der Waals surface area (Å²) in [5, 5.41) is 2.36. The van der Waals surface area contributed by atoms with Gasteiger partial charge in [-0.3, -0.25) is 4.79 Å². The van der Waals surface area contributed by atoms with Gasteiger partial charge >= 0.3 is 0 Å². The SMILES string of the molecule is CN(CCCCCCl)C(=O)Cc1cccc2ccccc12. The van der Waals surface area contributed by atoms with Gasteiger partial charge in [0.1, 0.15) is 0 Å². The molecule has 1 amide bonds. The van der Waals surface area contributed by atoms with Crippen LogP contribution in [0.4, 0.5) is 0 Å². The standard InChI is InChI=1S/C18H22ClNO/c1-20(13-6-2-5-12-19)18(21)14-16-10-7-9-15-8-3-4-11-17(15)16/h3-4,7-11H,2,5-6,12-14H2,1H3. The van der Waals surface area contributed by atoms with Gasteiger partial charge in [-0.25, -0.2) is 0 Å². The summed E-state index contributed by atoms with van der Waals surface area (Å²) in [6.07, 6.45) is 3.58. The Kier molecular flexibility index (Phi) is 6.06. The predicted octanol–water partition coefficient (Wildman–Crippen LogP) is 4.25. The van der Waals surface area contributed by atoms with E-state index in [4.69, 9.17) is 11.6 Å². The van der Waals surface area contributed by atoms with E-state index in [1.54, 1.807) is 0 Å². The Balaban J connectivity index is 1.98. The van der Waals surface area contributed by atoms with E-state index in [1.807, 2.05) is 36.2 Å². The third-order valence-electron chi connectivity index (χ3n) is 3.77. The fraction of sp³-hybridized carbons (Fsp3) is 0.389. The highest BCUT2D eigenvalue weighted by Crippen LogP contribution is 2.19. The van der Waals surface area contributed by atoms with Gasteiger partial charge in [0.25, 0.3) is 0 Å².